The molecule has 2 aromatic carbocycles. The molecule has 1 aliphatic heterocycles. The van der Waals surface area contributed by atoms with Crippen LogP contribution < -0.4 is 5.43 Å². The zero-order valence-corrected chi connectivity index (χ0v) is 13.9. The van der Waals surface area contributed by atoms with Gasteiger partial charge < -0.3 is 5.11 Å². The number of carboxylic acid groups (broad SMARTS) is 1. The standard InChI is InChI=1S/C17H13BrN2O4/c18-13(10-6-2-1-3-7-10)14(17(23)24)19-20-15(21)11-8-4-5-9-12(11)16(20)22/h1-9,13-14,19H,(H,23,24)/t13?,14-/m0/s1. The molecule has 2 amide bonds. The van der Waals surface area contributed by atoms with Gasteiger partial charge in [0, 0.05) is 0 Å². The van der Waals surface area contributed by atoms with Crippen molar-refractivity contribution in [3.05, 3.63) is 71.3 Å². The van der Waals surface area contributed by atoms with Gasteiger partial charge in [-0.3, -0.25) is 14.4 Å². The van der Waals surface area contributed by atoms with Crippen molar-refractivity contribution in [3.63, 3.8) is 0 Å². The monoisotopic (exact) mass is 388 g/mol. The van der Waals surface area contributed by atoms with E-state index < -0.39 is 28.7 Å². The SMILES string of the molecule is O=C(O)[C@@H](NN1C(=O)c2ccccc2C1=O)C(Br)c1ccccc1. The molecule has 0 saturated heterocycles. The number of nitrogens with zero attached hydrogens (tertiary/aromatic N) is 1. The van der Waals surface area contributed by atoms with Gasteiger partial charge in [0.15, 0.2) is 0 Å². The maximum atomic E-state index is 12.4. The van der Waals surface area contributed by atoms with Crippen LogP contribution in [0.25, 0.3) is 0 Å². The number of nitrogens with one attached hydrogen (secondary N) is 1. The summed E-state index contributed by atoms with van der Waals surface area (Å²) < 4.78 is 0. The minimum Gasteiger partial charge on any atom is -0.480 e. The zero-order chi connectivity index (χ0) is 17.3. The number of carbonyl (C=O) groups is 3. The van der Waals surface area contributed by atoms with Gasteiger partial charge in [0.05, 0.1) is 16.0 Å². The molecule has 0 aromatic heterocycles. The number of imide groups is 1. The first-order chi connectivity index (χ1) is 11.5. The van der Waals surface area contributed by atoms with Crippen LogP contribution in [0.5, 0.6) is 0 Å². The topological polar surface area (TPSA) is 86.7 Å². The molecule has 2 atom stereocenters. The Balaban J connectivity index is 1.87. The lowest BCUT2D eigenvalue weighted by Gasteiger charge is -2.25. The molecule has 3 rings (SSSR count). The summed E-state index contributed by atoms with van der Waals surface area (Å²) in [4.78, 5) is 35.7. The van der Waals surface area contributed by atoms with Crippen molar-refractivity contribution in [2.45, 2.75) is 10.9 Å². The summed E-state index contributed by atoms with van der Waals surface area (Å²) in [7, 11) is 0. The Labute approximate surface area is 146 Å². The van der Waals surface area contributed by atoms with Gasteiger partial charge in [0.1, 0.15) is 6.04 Å². The molecule has 24 heavy (non-hydrogen) atoms. The molecular formula is C17H13BrN2O4. The van der Waals surface area contributed by atoms with E-state index in [0.29, 0.717) is 5.56 Å². The summed E-state index contributed by atoms with van der Waals surface area (Å²) in [5, 5.41) is 10.3. The Morgan fingerprint density at radius 1 is 0.958 bits per heavy atom. The smallest absolute Gasteiger partial charge is 0.324 e. The molecule has 122 valence electrons. The molecule has 0 aliphatic carbocycles. The van der Waals surface area contributed by atoms with E-state index in [1.165, 1.54) is 12.1 Å². The first-order valence-electron chi connectivity index (χ1n) is 7.16. The summed E-state index contributed by atoms with van der Waals surface area (Å²) in [5.41, 5.74) is 3.77. The normalized spacial score (nSPS) is 16.0. The van der Waals surface area contributed by atoms with Crippen LogP contribution in [-0.2, 0) is 4.79 Å². The van der Waals surface area contributed by atoms with E-state index in [4.69, 9.17) is 0 Å². The Bertz CT molecular complexity index is 774. The molecule has 1 unspecified atom stereocenters. The van der Waals surface area contributed by atoms with Crippen LogP contribution in [0.3, 0.4) is 0 Å². The minimum absolute atomic E-state index is 0.255. The van der Waals surface area contributed by atoms with Gasteiger partial charge in [-0.05, 0) is 17.7 Å². The number of aliphatic carboxylic acids is 1. The van der Waals surface area contributed by atoms with Crippen LogP contribution >= 0.6 is 15.9 Å². The number of alkyl halides is 1. The van der Waals surface area contributed by atoms with Crippen LogP contribution in [0.4, 0.5) is 0 Å². The molecule has 2 N–H and O–H groups in total. The lowest BCUT2D eigenvalue weighted by Crippen LogP contribution is -2.52. The first-order valence-corrected chi connectivity index (χ1v) is 8.08. The predicted octanol–water partition coefficient (Wildman–Crippen LogP) is 2.38. The second-order valence-electron chi connectivity index (χ2n) is 5.25. The molecule has 0 radical (unpaired) electrons. The number of carbonyl (C=O) groups excluding carboxylic acids is 2. The molecule has 7 heteroatoms. The Kier molecular flexibility index (Phi) is 4.46. The largest absolute Gasteiger partial charge is 0.480 e. The molecule has 6 nitrogen and oxygen atoms in total. The second-order valence-corrected chi connectivity index (χ2v) is 6.24. The molecule has 1 aliphatic rings. The van der Waals surface area contributed by atoms with Crippen molar-refractivity contribution in [1.29, 1.82) is 0 Å². The summed E-state index contributed by atoms with van der Waals surface area (Å²) >= 11 is 3.34. The quantitative estimate of drug-likeness (QED) is 0.606. The molecule has 1 heterocycles. The van der Waals surface area contributed by atoms with Crippen molar-refractivity contribution in [3.8, 4) is 0 Å². The fourth-order valence-corrected chi connectivity index (χ4v) is 3.17. The molecule has 0 spiro atoms. The Morgan fingerprint density at radius 2 is 1.46 bits per heavy atom. The molecular weight excluding hydrogens is 376 g/mol. The second kappa shape index (κ2) is 6.54. The number of benzene rings is 2. The number of halogens is 1. The third kappa shape index (κ3) is 2.83. The average Bonchev–Trinajstić information content (AvgIpc) is 2.84. The highest BCUT2D eigenvalue weighted by molar-refractivity contribution is 9.09. The van der Waals surface area contributed by atoms with Gasteiger partial charge in [-0.15, -0.1) is 0 Å². The molecule has 0 fully saturated rings. The van der Waals surface area contributed by atoms with E-state index in [-0.39, 0.29) is 11.1 Å². The van der Waals surface area contributed by atoms with Crippen LogP contribution in [0, 0.1) is 0 Å². The maximum absolute atomic E-state index is 12.4. The number of hydrazine groups is 1. The van der Waals surface area contributed by atoms with Gasteiger partial charge in [0.2, 0.25) is 0 Å². The van der Waals surface area contributed by atoms with Crippen LogP contribution in [0.15, 0.2) is 54.6 Å². The van der Waals surface area contributed by atoms with Crippen molar-refractivity contribution in [2.24, 2.45) is 0 Å². The number of hydrogen-bond acceptors (Lipinski definition) is 4. The molecule has 0 bridgehead atoms. The number of hydrogen-bond donors (Lipinski definition) is 2. The van der Waals surface area contributed by atoms with Crippen LogP contribution in [0.1, 0.15) is 31.1 Å². The van der Waals surface area contributed by atoms with Gasteiger partial charge >= 0.3 is 5.97 Å². The van der Waals surface area contributed by atoms with Gasteiger partial charge in [-0.25, -0.2) is 10.4 Å². The zero-order valence-electron chi connectivity index (χ0n) is 12.3. The highest BCUT2D eigenvalue weighted by atomic mass is 79.9. The van der Waals surface area contributed by atoms with Crippen molar-refractivity contribution >= 4 is 33.7 Å². The number of fused-ring (bicyclic) bond motifs is 1. The van der Waals surface area contributed by atoms with E-state index in [1.54, 1.807) is 36.4 Å². The fraction of sp³-hybridized carbons (Fsp3) is 0.118. The maximum Gasteiger partial charge on any atom is 0.324 e. The highest BCUT2D eigenvalue weighted by Crippen LogP contribution is 2.28. The van der Waals surface area contributed by atoms with Gasteiger partial charge in [0.25, 0.3) is 11.8 Å². The minimum atomic E-state index is -1.20. The molecule has 2 aromatic rings. The highest BCUT2D eigenvalue weighted by Gasteiger charge is 2.39. The first kappa shape index (κ1) is 16.4. The third-order valence-corrected chi connectivity index (χ3v) is 4.80. The lowest BCUT2D eigenvalue weighted by molar-refractivity contribution is -0.140. The predicted molar refractivity (Wildman–Crippen MR) is 89.6 cm³/mol. The van der Waals surface area contributed by atoms with E-state index in [0.717, 1.165) is 5.01 Å². The number of amides is 2. The summed E-state index contributed by atoms with van der Waals surface area (Å²) in [5.74, 6) is -2.30. The van der Waals surface area contributed by atoms with Crippen LogP contribution in [0.2, 0.25) is 0 Å². The Hall–Kier alpha value is -2.51. The lowest BCUT2D eigenvalue weighted by atomic mass is 10.1. The van der Waals surface area contributed by atoms with Gasteiger partial charge in [-0.1, -0.05) is 58.4 Å². The van der Waals surface area contributed by atoms with Crippen molar-refractivity contribution in [1.82, 2.24) is 10.4 Å². The van der Waals surface area contributed by atoms with E-state index >= 15 is 0 Å². The summed E-state index contributed by atoms with van der Waals surface area (Å²) in [6.07, 6.45) is 0. The fourth-order valence-electron chi connectivity index (χ4n) is 2.52. The molecule has 0 saturated carbocycles. The van der Waals surface area contributed by atoms with Gasteiger partial charge in [-0.2, -0.15) is 0 Å². The van der Waals surface area contributed by atoms with E-state index in [1.807, 2.05) is 6.07 Å². The van der Waals surface area contributed by atoms with Crippen molar-refractivity contribution in [2.75, 3.05) is 0 Å². The van der Waals surface area contributed by atoms with Crippen molar-refractivity contribution < 1.29 is 19.5 Å². The third-order valence-electron chi connectivity index (χ3n) is 3.74. The summed E-state index contributed by atoms with van der Waals surface area (Å²) in [6.45, 7) is 0. The van der Waals surface area contributed by atoms with E-state index in [2.05, 4.69) is 21.4 Å². The average molecular weight is 389 g/mol. The number of carboxylic acids is 1. The van der Waals surface area contributed by atoms with Crippen LogP contribution in [-0.4, -0.2) is 33.9 Å². The Morgan fingerprint density at radius 3 is 1.96 bits per heavy atom. The summed E-state index contributed by atoms with van der Waals surface area (Å²) in [6, 6.07) is 14.1. The van der Waals surface area contributed by atoms with E-state index in [9.17, 15) is 19.5 Å². The number of rotatable bonds is 5.